The molecule has 4 nitrogen and oxygen atoms in total. The van der Waals surface area contributed by atoms with Crippen LogP contribution in [-0.2, 0) is 4.79 Å². The maximum Gasteiger partial charge on any atom is 0.265 e. The van der Waals surface area contributed by atoms with Gasteiger partial charge in [-0.25, -0.2) is 4.98 Å². The molecule has 0 aliphatic carbocycles. The predicted molar refractivity (Wildman–Crippen MR) is 107 cm³/mol. The molecule has 3 aromatic rings. The van der Waals surface area contributed by atoms with Crippen molar-refractivity contribution in [3.8, 4) is 17.0 Å². The van der Waals surface area contributed by atoms with Gasteiger partial charge in [-0.2, -0.15) is 0 Å². The zero-order valence-corrected chi connectivity index (χ0v) is 16.3. The van der Waals surface area contributed by atoms with Crippen molar-refractivity contribution in [2.75, 3.05) is 5.32 Å². The number of halogens is 1. The Morgan fingerprint density at radius 1 is 1.19 bits per heavy atom. The Morgan fingerprint density at radius 3 is 2.54 bits per heavy atom. The molecule has 0 aliphatic rings. The fraction of sp³-hybridized carbons (Fsp3) is 0.200. The third-order valence-corrected chi connectivity index (χ3v) is 4.89. The van der Waals surface area contributed by atoms with Crippen molar-refractivity contribution in [3.63, 3.8) is 0 Å². The summed E-state index contributed by atoms with van der Waals surface area (Å²) in [5, 5.41) is 6.56. The van der Waals surface area contributed by atoms with E-state index >= 15 is 0 Å². The number of hydrogen-bond acceptors (Lipinski definition) is 4. The smallest absolute Gasteiger partial charge is 0.265 e. The van der Waals surface area contributed by atoms with Gasteiger partial charge in [0, 0.05) is 21.7 Å². The van der Waals surface area contributed by atoms with Crippen molar-refractivity contribution in [2.24, 2.45) is 0 Å². The van der Waals surface area contributed by atoms with Gasteiger partial charge in [-0.05, 0) is 56.7 Å². The molecule has 1 heterocycles. The van der Waals surface area contributed by atoms with Crippen molar-refractivity contribution < 1.29 is 9.53 Å². The molecule has 1 unspecified atom stereocenters. The molecule has 0 saturated heterocycles. The van der Waals surface area contributed by atoms with Gasteiger partial charge in [-0.3, -0.25) is 4.79 Å². The van der Waals surface area contributed by atoms with Crippen LogP contribution in [0, 0.1) is 13.8 Å². The Hall–Kier alpha value is -2.37. The Bertz CT molecular complexity index is 922. The molecule has 1 amide bonds. The van der Waals surface area contributed by atoms with Gasteiger partial charge < -0.3 is 10.1 Å². The Balaban J connectivity index is 1.63. The maximum absolute atomic E-state index is 12.4. The predicted octanol–water partition coefficient (Wildman–Crippen LogP) is 5.49. The summed E-state index contributed by atoms with van der Waals surface area (Å²) in [6, 6.07) is 12.9. The lowest BCUT2D eigenvalue weighted by Gasteiger charge is -2.16. The first-order chi connectivity index (χ1) is 12.4. The van der Waals surface area contributed by atoms with Gasteiger partial charge in [0.05, 0.1) is 10.7 Å². The van der Waals surface area contributed by atoms with E-state index in [1.54, 1.807) is 36.5 Å². The van der Waals surface area contributed by atoms with E-state index in [0.29, 0.717) is 16.5 Å². The second-order valence-corrected chi connectivity index (χ2v) is 7.49. The monoisotopic (exact) mass is 386 g/mol. The van der Waals surface area contributed by atoms with Gasteiger partial charge in [0.1, 0.15) is 5.75 Å². The molecule has 0 spiro atoms. The standard InChI is InChI=1S/C20H19ClN2O2S/c1-12-10-16(21)6-9-19(12)25-13(2)20(24)23-17-7-4-15(5-8-17)18-11-26-14(3)22-18/h4-11,13H,1-3H3,(H,23,24). The molecular formula is C20H19ClN2O2S. The van der Waals surface area contributed by atoms with Crippen molar-refractivity contribution in [1.82, 2.24) is 4.98 Å². The maximum atomic E-state index is 12.4. The number of amides is 1. The first-order valence-corrected chi connectivity index (χ1v) is 9.44. The van der Waals surface area contributed by atoms with Crippen LogP contribution in [0.15, 0.2) is 47.8 Å². The molecule has 1 N–H and O–H groups in total. The molecule has 6 heteroatoms. The SMILES string of the molecule is Cc1nc(-c2ccc(NC(=O)C(C)Oc3ccc(Cl)cc3C)cc2)cs1. The first kappa shape index (κ1) is 18.4. The number of hydrogen-bond donors (Lipinski definition) is 1. The minimum Gasteiger partial charge on any atom is -0.481 e. The first-order valence-electron chi connectivity index (χ1n) is 8.18. The van der Waals surface area contributed by atoms with Gasteiger partial charge in [-0.15, -0.1) is 11.3 Å². The van der Waals surface area contributed by atoms with Crippen LogP contribution in [0.1, 0.15) is 17.5 Å². The minimum absolute atomic E-state index is 0.211. The number of benzene rings is 2. The molecule has 0 fully saturated rings. The fourth-order valence-corrected chi connectivity index (χ4v) is 3.30. The van der Waals surface area contributed by atoms with Crippen molar-refractivity contribution in [1.29, 1.82) is 0 Å². The molecule has 0 bridgehead atoms. The highest BCUT2D eigenvalue weighted by Crippen LogP contribution is 2.24. The lowest BCUT2D eigenvalue weighted by molar-refractivity contribution is -0.122. The van der Waals surface area contributed by atoms with E-state index in [-0.39, 0.29) is 5.91 Å². The van der Waals surface area contributed by atoms with E-state index < -0.39 is 6.10 Å². The van der Waals surface area contributed by atoms with E-state index in [2.05, 4.69) is 10.3 Å². The van der Waals surface area contributed by atoms with E-state index in [0.717, 1.165) is 21.8 Å². The molecule has 1 aromatic heterocycles. The van der Waals surface area contributed by atoms with Crippen LogP contribution in [0.25, 0.3) is 11.3 Å². The van der Waals surface area contributed by atoms with Crippen molar-refractivity contribution >= 4 is 34.5 Å². The van der Waals surface area contributed by atoms with Crippen molar-refractivity contribution in [3.05, 3.63) is 63.4 Å². The molecule has 134 valence electrons. The highest BCUT2D eigenvalue weighted by Gasteiger charge is 2.16. The normalized spacial score (nSPS) is 11.8. The number of rotatable bonds is 5. The Morgan fingerprint density at radius 2 is 1.92 bits per heavy atom. The molecule has 0 radical (unpaired) electrons. The molecule has 1 atom stereocenters. The zero-order valence-electron chi connectivity index (χ0n) is 14.7. The van der Waals surface area contributed by atoms with Crippen LogP contribution < -0.4 is 10.1 Å². The summed E-state index contributed by atoms with van der Waals surface area (Å²) in [5.41, 5.74) is 3.57. The third-order valence-electron chi connectivity index (χ3n) is 3.88. The quantitative estimate of drug-likeness (QED) is 0.631. The number of carbonyl (C=O) groups excluding carboxylic acids is 1. The fourth-order valence-electron chi connectivity index (χ4n) is 2.45. The van der Waals surface area contributed by atoms with Crippen LogP contribution in [0.5, 0.6) is 5.75 Å². The molecule has 3 rings (SSSR count). The topological polar surface area (TPSA) is 51.2 Å². The third kappa shape index (κ3) is 4.42. The summed E-state index contributed by atoms with van der Waals surface area (Å²) in [5.74, 6) is 0.433. The van der Waals surface area contributed by atoms with Crippen LogP contribution >= 0.6 is 22.9 Å². The average molecular weight is 387 g/mol. The number of thiazole rings is 1. The van der Waals surface area contributed by atoms with Gasteiger partial charge in [0.15, 0.2) is 6.10 Å². The highest BCUT2D eigenvalue weighted by molar-refractivity contribution is 7.09. The number of aromatic nitrogens is 1. The number of nitrogens with one attached hydrogen (secondary N) is 1. The van der Waals surface area contributed by atoms with Crippen LogP contribution in [0.3, 0.4) is 0 Å². The Labute approximate surface area is 161 Å². The van der Waals surface area contributed by atoms with Gasteiger partial charge in [0.25, 0.3) is 5.91 Å². The summed E-state index contributed by atoms with van der Waals surface area (Å²) >= 11 is 7.56. The second kappa shape index (κ2) is 7.89. The summed E-state index contributed by atoms with van der Waals surface area (Å²) in [6.45, 7) is 5.59. The van der Waals surface area contributed by atoms with Gasteiger partial charge in [0.2, 0.25) is 0 Å². The molecule has 26 heavy (non-hydrogen) atoms. The van der Waals surface area contributed by atoms with Crippen LogP contribution in [0.4, 0.5) is 5.69 Å². The van der Waals surface area contributed by atoms with E-state index in [4.69, 9.17) is 16.3 Å². The number of nitrogens with zero attached hydrogens (tertiary/aromatic N) is 1. The molecule has 0 saturated carbocycles. The lowest BCUT2D eigenvalue weighted by Crippen LogP contribution is -2.30. The van der Waals surface area contributed by atoms with Gasteiger partial charge >= 0.3 is 0 Å². The van der Waals surface area contributed by atoms with Gasteiger partial charge in [-0.1, -0.05) is 23.7 Å². The van der Waals surface area contributed by atoms with Crippen molar-refractivity contribution in [2.45, 2.75) is 26.9 Å². The van der Waals surface area contributed by atoms with Crippen LogP contribution in [0.2, 0.25) is 5.02 Å². The van der Waals surface area contributed by atoms with Crippen LogP contribution in [-0.4, -0.2) is 17.0 Å². The second-order valence-electron chi connectivity index (χ2n) is 5.99. The number of aryl methyl sites for hydroxylation is 2. The van der Waals surface area contributed by atoms with E-state index in [1.165, 1.54) is 0 Å². The molecule has 2 aromatic carbocycles. The number of carbonyl (C=O) groups is 1. The largest absolute Gasteiger partial charge is 0.481 e. The molecular weight excluding hydrogens is 368 g/mol. The summed E-state index contributed by atoms with van der Waals surface area (Å²) in [6.07, 6.45) is -0.629. The summed E-state index contributed by atoms with van der Waals surface area (Å²) < 4.78 is 5.75. The summed E-state index contributed by atoms with van der Waals surface area (Å²) in [7, 11) is 0. The Kier molecular flexibility index (Phi) is 5.59. The number of ether oxygens (including phenoxy) is 1. The number of anilines is 1. The highest BCUT2D eigenvalue weighted by atomic mass is 35.5. The average Bonchev–Trinajstić information content (AvgIpc) is 3.04. The van der Waals surface area contributed by atoms with E-state index in [9.17, 15) is 4.79 Å². The van der Waals surface area contributed by atoms with E-state index in [1.807, 2.05) is 43.5 Å². The lowest BCUT2D eigenvalue weighted by atomic mass is 10.1. The molecule has 0 aliphatic heterocycles. The summed E-state index contributed by atoms with van der Waals surface area (Å²) in [4.78, 5) is 16.8. The zero-order chi connectivity index (χ0) is 18.7. The minimum atomic E-state index is -0.629.